The van der Waals surface area contributed by atoms with Gasteiger partial charge in [0.15, 0.2) is 0 Å². The Kier molecular flexibility index (Phi) is 2.36. The summed E-state index contributed by atoms with van der Waals surface area (Å²) in [5.41, 5.74) is 1.32. The van der Waals surface area contributed by atoms with E-state index in [0.29, 0.717) is 16.2 Å². The summed E-state index contributed by atoms with van der Waals surface area (Å²) in [5, 5.41) is 14.3. The molecule has 15 heavy (non-hydrogen) atoms. The fourth-order valence-corrected chi connectivity index (χ4v) is 1.80. The molecule has 1 aromatic carbocycles. The van der Waals surface area contributed by atoms with Gasteiger partial charge >= 0.3 is 5.97 Å². The fraction of sp³-hybridized carbons (Fsp3) is 0.200. The largest absolute Gasteiger partial charge is 0.481 e. The first-order valence-electron chi connectivity index (χ1n) is 4.41. The predicted octanol–water partition coefficient (Wildman–Crippen LogP) is 1.85. The maximum Gasteiger partial charge on any atom is 0.309 e. The molecule has 0 atom stereocenters. The van der Waals surface area contributed by atoms with Crippen molar-refractivity contribution >= 4 is 28.5 Å². The van der Waals surface area contributed by atoms with Gasteiger partial charge in [0.25, 0.3) is 0 Å². The van der Waals surface area contributed by atoms with Crippen LogP contribution >= 0.6 is 11.6 Å². The quantitative estimate of drug-likeness (QED) is 0.847. The molecule has 0 aliphatic rings. The van der Waals surface area contributed by atoms with Crippen LogP contribution in [0.1, 0.15) is 5.69 Å². The molecule has 0 saturated heterocycles. The van der Waals surface area contributed by atoms with E-state index in [1.165, 1.54) is 0 Å². The van der Waals surface area contributed by atoms with Gasteiger partial charge in [-0.05, 0) is 6.07 Å². The molecule has 0 amide bonds. The number of carboxylic acids is 1. The van der Waals surface area contributed by atoms with Crippen LogP contribution in [-0.2, 0) is 18.3 Å². The van der Waals surface area contributed by atoms with Gasteiger partial charge in [-0.25, -0.2) is 0 Å². The van der Waals surface area contributed by atoms with Crippen LogP contribution in [0.3, 0.4) is 0 Å². The van der Waals surface area contributed by atoms with Gasteiger partial charge in [-0.15, -0.1) is 0 Å². The zero-order valence-electron chi connectivity index (χ0n) is 8.07. The minimum absolute atomic E-state index is 0.0483. The summed E-state index contributed by atoms with van der Waals surface area (Å²) in [6.45, 7) is 0. The van der Waals surface area contributed by atoms with E-state index in [4.69, 9.17) is 16.7 Å². The van der Waals surface area contributed by atoms with E-state index in [0.717, 1.165) is 5.39 Å². The minimum atomic E-state index is -0.875. The van der Waals surface area contributed by atoms with Crippen molar-refractivity contribution in [3.8, 4) is 0 Å². The molecule has 0 radical (unpaired) electrons. The predicted molar refractivity (Wildman–Crippen MR) is 57.1 cm³/mol. The average molecular weight is 225 g/mol. The maximum atomic E-state index is 10.7. The van der Waals surface area contributed by atoms with Crippen molar-refractivity contribution in [2.24, 2.45) is 7.05 Å². The van der Waals surface area contributed by atoms with Crippen LogP contribution in [0.25, 0.3) is 10.9 Å². The lowest BCUT2D eigenvalue weighted by Crippen LogP contribution is -2.06. The van der Waals surface area contributed by atoms with Crippen LogP contribution in [-0.4, -0.2) is 20.9 Å². The average Bonchev–Trinajstić information content (AvgIpc) is 2.45. The Morgan fingerprint density at radius 3 is 3.00 bits per heavy atom. The summed E-state index contributed by atoms with van der Waals surface area (Å²) in [4.78, 5) is 10.7. The molecule has 0 saturated carbocycles. The lowest BCUT2D eigenvalue weighted by atomic mass is 10.1. The zero-order chi connectivity index (χ0) is 11.0. The minimum Gasteiger partial charge on any atom is -0.481 e. The van der Waals surface area contributed by atoms with Crippen molar-refractivity contribution in [1.29, 1.82) is 0 Å². The SMILES string of the molecule is Cn1nc2c(Cl)cccc2c1CC(=O)O. The number of aryl methyl sites for hydroxylation is 1. The number of aromatic nitrogens is 2. The van der Waals surface area contributed by atoms with Gasteiger partial charge in [-0.3, -0.25) is 9.48 Å². The van der Waals surface area contributed by atoms with E-state index >= 15 is 0 Å². The molecule has 4 nitrogen and oxygen atoms in total. The Labute approximate surface area is 91.1 Å². The molecule has 1 aromatic heterocycles. The van der Waals surface area contributed by atoms with E-state index in [1.807, 2.05) is 6.07 Å². The van der Waals surface area contributed by atoms with E-state index in [9.17, 15) is 4.79 Å². The number of nitrogens with zero attached hydrogens (tertiary/aromatic N) is 2. The van der Waals surface area contributed by atoms with Crippen molar-refractivity contribution in [1.82, 2.24) is 9.78 Å². The van der Waals surface area contributed by atoms with Crippen LogP contribution in [0.15, 0.2) is 18.2 Å². The summed E-state index contributed by atoms with van der Waals surface area (Å²) in [6, 6.07) is 5.35. The third-order valence-electron chi connectivity index (χ3n) is 2.26. The van der Waals surface area contributed by atoms with Crippen molar-refractivity contribution in [3.63, 3.8) is 0 Å². The topological polar surface area (TPSA) is 55.1 Å². The standard InChI is InChI=1S/C10H9ClN2O2/c1-13-8(5-9(14)15)6-3-2-4-7(11)10(6)12-13/h2-4H,5H2,1H3,(H,14,15). The second-order valence-electron chi connectivity index (χ2n) is 3.28. The summed E-state index contributed by atoms with van der Waals surface area (Å²) < 4.78 is 1.56. The Morgan fingerprint density at radius 1 is 1.60 bits per heavy atom. The van der Waals surface area contributed by atoms with Gasteiger partial charge in [0.05, 0.1) is 17.1 Å². The molecule has 0 spiro atoms. The number of fused-ring (bicyclic) bond motifs is 1. The molecule has 1 heterocycles. The monoisotopic (exact) mass is 224 g/mol. The number of halogens is 1. The third-order valence-corrected chi connectivity index (χ3v) is 2.56. The molecule has 0 aliphatic carbocycles. The number of hydrogen-bond donors (Lipinski definition) is 1. The molecule has 0 aliphatic heterocycles. The first-order valence-corrected chi connectivity index (χ1v) is 4.79. The van der Waals surface area contributed by atoms with Crippen LogP contribution < -0.4 is 0 Å². The summed E-state index contributed by atoms with van der Waals surface area (Å²) in [7, 11) is 1.72. The van der Waals surface area contributed by atoms with Gasteiger partial charge in [0, 0.05) is 12.4 Å². The smallest absolute Gasteiger partial charge is 0.309 e. The fourth-order valence-electron chi connectivity index (χ4n) is 1.59. The Balaban J connectivity index is 2.68. The Hall–Kier alpha value is -1.55. The van der Waals surface area contributed by atoms with Crippen molar-refractivity contribution in [2.75, 3.05) is 0 Å². The highest BCUT2D eigenvalue weighted by atomic mass is 35.5. The Morgan fingerprint density at radius 2 is 2.33 bits per heavy atom. The zero-order valence-corrected chi connectivity index (χ0v) is 8.82. The molecule has 5 heteroatoms. The summed E-state index contributed by atoms with van der Waals surface area (Å²) in [5.74, 6) is -0.875. The molecule has 78 valence electrons. The molecule has 1 N–H and O–H groups in total. The number of benzene rings is 1. The normalized spacial score (nSPS) is 10.8. The highest BCUT2D eigenvalue weighted by Crippen LogP contribution is 2.24. The first kappa shape index (κ1) is 9.98. The molecule has 2 aromatic rings. The molecule has 2 rings (SSSR count). The van der Waals surface area contributed by atoms with Gasteiger partial charge in [0.2, 0.25) is 0 Å². The molecular weight excluding hydrogens is 216 g/mol. The lowest BCUT2D eigenvalue weighted by Gasteiger charge is -1.97. The van der Waals surface area contributed by atoms with E-state index in [1.54, 1.807) is 23.9 Å². The number of hydrogen-bond acceptors (Lipinski definition) is 2. The number of rotatable bonds is 2. The lowest BCUT2D eigenvalue weighted by molar-refractivity contribution is -0.136. The number of aliphatic carboxylic acids is 1. The van der Waals surface area contributed by atoms with Gasteiger partial charge < -0.3 is 5.11 Å². The van der Waals surface area contributed by atoms with E-state index in [-0.39, 0.29) is 6.42 Å². The van der Waals surface area contributed by atoms with Gasteiger partial charge in [0.1, 0.15) is 5.52 Å². The third kappa shape index (κ3) is 1.68. The van der Waals surface area contributed by atoms with Crippen molar-refractivity contribution in [2.45, 2.75) is 6.42 Å². The maximum absolute atomic E-state index is 10.7. The van der Waals surface area contributed by atoms with Gasteiger partial charge in [-0.2, -0.15) is 5.10 Å². The van der Waals surface area contributed by atoms with Gasteiger partial charge in [-0.1, -0.05) is 23.7 Å². The van der Waals surface area contributed by atoms with Crippen LogP contribution in [0, 0.1) is 0 Å². The van der Waals surface area contributed by atoms with Crippen molar-refractivity contribution < 1.29 is 9.90 Å². The van der Waals surface area contributed by atoms with E-state index in [2.05, 4.69) is 5.10 Å². The van der Waals surface area contributed by atoms with Crippen LogP contribution in [0.2, 0.25) is 5.02 Å². The second kappa shape index (κ2) is 3.55. The first-order chi connectivity index (χ1) is 7.09. The molecular formula is C10H9ClN2O2. The Bertz CT molecular complexity index is 533. The van der Waals surface area contributed by atoms with E-state index < -0.39 is 5.97 Å². The van der Waals surface area contributed by atoms with Crippen molar-refractivity contribution in [3.05, 3.63) is 28.9 Å². The highest BCUT2D eigenvalue weighted by molar-refractivity contribution is 6.35. The number of carbonyl (C=O) groups is 1. The summed E-state index contributed by atoms with van der Waals surface area (Å²) in [6.07, 6.45) is -0.0483. The second-order valence-corrected chi connectivity index (χ2v) is 3.68. The molecule has 0 fully saturated rings. The molecule has 0 bridgehead atoms. The van der Waals surface area contributed by atoms with Crippen LogP contribution in [0.5, 0.6) is 0 Å². The highest BCUT2D eigenvalue weighted by Gasteiger charge is 2.13. The van der Waals surface area contributed by atoms with Crippen LogP contribution in [0.4, 0.5) is 0 Å². The summed E-state index contributed by atoms with van der Waals surface area (Å²) >= 11 is 5.96. The number of carboxylic acid groups (broad SMARTS) is 1. The molecule has 0 unspecified atom stereocenters.